The van der Waals surface area contributed by atoms with Crippen LogP contribution in [0, 0.1) is 0 Å². The summed E-state index contributed by atoms with van der Waals surface area (Å²) >= 11 is 5.31. The first-order valence-corrected chi connectivity index (χ1v) is 8.37. The highest BCUT2D eigenvalue weighted by Gasteiger charge is 2.11. The number of nitrogens with zero attached hydrogens (tertiary/aromatic N) is 3. The Morgan fingerprint density at radius 2 is 2.00 bits per heavy atom. The van der Waals surface area contributed by atoms with E-state index >= 15 is 0 Å². The van der Waals surface area contributed by atoms with Gasteiger partial charge in [0.1, 0.15) is 5.82 Å². The molecule has 0 amide bonds. The molecule has 1 aliphatic heterocycles. The minimum absolute atomic E-state index is 0.585. The Hall–Kier alpha value is -2.21. The maximum Gasteiger partial charge on any atom is 0.171 e. The van der Waals surface area contributed by atoms with Crippen LogP contribution in [0.3, 0.4) is 0 Å². The number of rotatable bonds is 4. The molecule has 23 heavy (non-hydrogen) atoms. The van der Waals surface area contributed by atoms with Gasteiger partial charge in [0.2, 0.25) is 0 Å². The van der Waals surface area contributed by atoms with Crippen molar-refractivity contribution in [3.05, 3.63) is 48.4 Å². The van der Waals surface area contributed by atoms with E-state index in [1.807, 2.05) is 30.6 Å². The van der Waals surface area contributed by atoms with Crippen LogP contribution in [0.4, 0.5) is 11.5 Å². The predicted molar refractivity (Wildman–Crippen MR) is 97.6 cm³/mol. The van der Waals surface area contributed by atoms with E-state index in [1.165, 1.54) is 19.3 Å². The van der Waals surface area contributed by atoms with Gasteiger partial charge in [-0.3, -0.25) is 4.98 Å². The van der Waals surface area contributed by atoms with Crippen LogP contribution in [0.15, 0.2) is 42.9 Å². The number of thiocarbonyl (C=S) groups is 1. The van der Waals surface area contributed by atoms with Crippen molar-refractivity contribution in [2.45, 2.75) is 25.8 Å². The minimum Gasteiger partial charge on any atom is -0.358 e. The molecule has 0 spiro atoms. The second-order valence-electron chi connectivity index (χ2n) is 5.62. The van der Waals surface area contributed by atoms with E-state index < -0.39 is 0 Å². The number of hydrogen-bond donors (Lipinski definition) is 2. The molecule has 120 valence electrons. The molecule has 0 atom stereocenters. The highest BCUT2D eigenvalue weighted by atomic mass is 32.1. The molecule has 2 N–H and O–H groups in total. The van der Waals surface area contributed by atoms with Crippen molar-refractivity contribution in [3.63, 3.8) is 0 Å². The zero-order valence-electron chi connectivity index (χ0n) is 13.0. The molecule has 0 aromatic carbocycles. The van der Waals surface area contributed by atoms with E-state index in [0.717, 1.165) is 30.2 Å². The van der Waals surface area contributed by atoms with Gasteiger partial charge in [-0.05, 0) is 55.2 Å². The van der Waals surface area contributed by atoms with Crippen molar-refractivity contribution in [1.29, 1.82) is 0 Å². The maximum absolute atomic E-state index is 5.31. The first-order chi connectivity index (χ1) is 11.3. The molecule has 1 aliphatic rings. The Morgan fingerprint density at radius 1 is 1.13 bits per heavy atom. The van der Waals surface area contributed by atoms with Gasteiger partial charge in [-0.25, -0.2) is 4.98 Å². The zero-order valence-corrected chi connectivity index (χ0v) is 13.9. The first kappa shape index (κ1) is 15.7. The molecule has 0 saturated carbocycles. The molecule has 1 fully saturated rings. The van der Waals surface area contributed by atoms with Gasteiger partial charge < -0.3 is 15.5 Å². The van der Waals surface area contributed by atoms with Gasteiger partial charge in [0.05, 0.1) is 11.9 Å². The zero-order chi connectivity index (χ0) is 15.9. The standard InChI is InChI=1S/C17H21N5S/c23-17(20-12-14-5-4-8-18-11-14)21-15-6-7-16(19-13-15)22-9-2-1-3-10-22/h4-8,11,13H,1-3,9-10,12H2,(H2,20,21,23). The van der Waals surface area contributed by atoms with Gasteiger partial charge in [-0.2, -0.15) is 0 Å². The van der Waals surface area contributed by atoms with Crippen LogP contribution in [0.25, 0.3) is 0 Å². The molecular formula is C17H21N5S. The largest absolute Gasteiger partial charge is 0.358 e. The number of aromatic nitrogens is 2. The highest BCUT2D eigenvalue weighted by molar-refractivity contribution is 7.80. The number of nitrogens with one attached hydrogen (secondary N) is 2. The van der Waals surface area contributed by atoms with Crippen molar-refractivity contribution in [2.75, 3.05) is 23.3 Å². The monoisotopic (exact) mass is 327 g/mol. The van der Waals surface area contributed by atoms with Gasteiger partial charge in [-0.1, -0.05) is 6.07 Å². The number of hydrogen-bond acceptors (Lipinski definition) is 4. The third kappa shape index (κ3) is 4.63. The fourth-order valence-corrected chi connectivity index (χ4v) is 2.82. The normalized spacial score (nSPS) is 14.3. The molecule has 0 aliphatic carbocycles. The molecule has 0 bridgehead atoms. The van der Waals surface area contributed by atoms with Crippen molar-refractivity contribution >= 4 is 28.8 Å². The quantitative estimate of drug-likeness (QED) is 0.842. The molecule has 2 aromatic rings. The van der Waals surface area contributed by atoms with Crippen molar-refractivity contribution in [1.82, 2.24) is 15.3 Å². The van der Waals surface area contributed by atoms with Gasteiger partial charge in [-0.15, -0.1) is 0 Å². The summed E-state index contributed by atoms with van der Waals surface area (Å²) in [6.45, 7) is 2.86. The van der Waals surface area contributed by atoms with Crippen LogP contribution >= 0.6 is 12.2 Å². The summed E-state index contributed by atoms with van der Waals surface area (Å²) in [6, 6.07) is 8.00. The Kier molecular flexibility index (Phi) is 5.37. The highest BCUT2D eigenvalue weighted by Crippen LogP contribution is 2.18. The molecule has 5 nitrogen and oxygen atoms in total. The second kappa shape index (κ2) is 7.87. The Labute approximate surface area is 142 Å². The molecule has 0 radical (unpaired) electrons. The molecular weight excluding hydrogens is 306 g/mol. The van der Waals surface area contributed by atoms with Crippen LogP contribution < -0.4 is 15.5 Å². The minimum atomic E-state index is 0.585. The lowest BCUT2D eigenvalue weighted by molar-refractivity contribution is 0.573. The number of piperidine rings is 1. The Balaban J connectivity index is 1.50. The van der Waals surface area contributed by atoms with Crippen LogP contribution in [0.1, 0.15) is 24.8 Å². The van der Waals surface area contributed by atoms with E-state index in [4.69, 9.17) is 12.2 Å². The van der Waals surface area contributed by atoms with Gasteiger partial charge >= 0.3 is 0 Å². The lowest BCUT2D eigenvalue weighted by atomic mass is 10.1. The molecule has 2 aromatic heterocycles. The van der Waals surface area contributed by atoms with Crippen LogP contribution in [-0.2, 0) is 6.54 Å². The summed E-state index contributed by atoms with van der Waals surface area (Å²) in [4.78, 5) is 11.0. The summed E-state index contributed by atoms with van der Waals surface area (Å²) in [5.74, 6) is 1.05. The molecule has 6 heteroatoms. The van der Waals surface area contributed by atoms with Crippen molar-refractivity contribution in [3.8, 4) is 0 Å². The third-order valence-corrected chi connectivity index (χ3v) is 4.11. The number of pyridine rings is 2. The molecule has 0 unspecified atom stereocenters. The average molecular weight is 327 g/mol. The molecule has 3 rings (SSSR count). The maximum atomic E-state index is 5.31. The Morgan fingerprint density at radius 3 is 2.70 bits per heavy atom. The van der Waals surface area contributed by atoms with Gasteiger partial charge in [0.25, 0.3) is 0 Å². The summed E-state index contributed by atoms with van der Waals surface area (Å²) in [5.41, 5.74) is 1.99. The summed E-state index contributed by atoms with van der Waals surface area (Å²) < 4.78 is 0. The number of anilines is 2. The molecule has 1 saturated heterocycles. The average Bonchev–Trinajstić information content (AvgIpc) is 2.62. The van der Waals surface area contributed by atoms with E-state index in [1.54, 1.807) is 6.20 Å². The van der Waals surface area contributed by atoms with E-state index in [9.17, 15) is 0 Å². The van der Waals surface area contributed by atoms with E-state index in [-0.39, 0.29) is 0 Å². The van der Waals surface area contributed by atoms with Crippen LogP contribution in [0.5, 0.6) is 0 Å². The fraction of sp³-hybridized carbons (Fsp3) is 0.353. The van der Waals surface area contributed by atoms with Gasteiger partial charge in [0.15, 0.2) is 5.11 Å². The van der Waals surface area contributed by atoms with Crippen LogP contribution in [0.2, 0.25) is 0 Å². The third-order valence-electron chi connectivity index (χ3n) is 3.86. The smallest absolute Gasteiger partial charge is 0.171 e. The van der Waals surface area contributed by atoms with E-state index in [0.29, 0.717) is 11.7 Å². The van der Waals surface area contributed by atoms with Crippen LogP contribution in [-0.4, -0.2) is 28.2 Å². The first-order valence-electron chi connectivity index (χ1n) is 7.96. The second-order valence-corrected chi connectivity index (χ2v) is 6.03. The van der Waals surface area contributed by atoms with Gasteiger partial charge in [0, 0.05) is 32.0 Å². The predicted octanol–water partition coefficient (Wildman–Crippen LogP) is 2.95. The fourth-order valence-electron chi connectivity index (χ4n) is 2.63. The summed E-state index contributed by atoms with van der Waals surface area (Å²) in [6.07, 6.45) is 9.25. The Bertz CT molecular complexity index is 623. The van der Waals surface area contributed by atoms with E-state index in [2.05, 4.69) is 31.6 Å². The summed E-state index contributed by atoms with van der Waals surface area (Å²) in [5, 5.41) is 6.91. The molecule has 3 heterocycles. The summed E-state index contributed by atoms with van der Waals surface area (Å²) in [7, 11) is 0. The van der Waals surface area contributed by atoms with Crippen molar-refractivity contribution < 1.29 is 0 Å². The lowest BCUT2D eigenvalue weighted by Gasteiger charge is -2.27. The lowest BCUT2D eigenvalue weighted by Crippen LogP contribution is -2.30. The SMILES string of the molecule is S=C(NCc1cccnc1)Nc1ccc(N2CCCCC2)nc1. The topological polar surface area (TPSA) is 53.1 Å². The van der Waals surface area contributed by atoms with Crippen molar-refractivity contribution in [2.24, 2.45) is 0 Å².